The van der Waals surface area contributed by atoms with Gasteiger partial charge in [0, 0.05) is 6.54 Å². The van der Waals surface area contributed by atoms with E-state index < -0.39 is 16.7 Å². The third-order valence-electron chi connectivity index (χ3n) is 4.04. The molecule has 4 heterocycles. The summed E-state index contributed by atoms with van der Waals surface area (Å²) in [5, 5.41) is 0. The maximum Gasteiger partial charge on any atom is 0.434 e. The van der Waals surface area contributed by atoms with Gasteiger partial charge >= 0.3 is 6.18 Å². The highest BCUT2D eigenvalue weighted by atomic mass is 35.5. The van der Waals surface area contributed by atoms with Crippen molar-refractivity contribution in [3.05, 3.63) is 23.8 Å². The molecule has 1 atom stereocenters. The average molecular weight is 292 g/mol. The Balaban J connectivity index is 1.98. The summed E-state index contributed by atoms with van der Waals surface area (Å²) in [6, 6.07) is 0. The van der Waals surface area contributed by atoms with Crippen LogP contribution in [-0.4, -0.2) is 34.5 Å². The highest BCUT2D eigenvalue weighted by Gasteiger charge is 2.48. The smallest absolute Gasteiger partial charge is 0.301 e. The second kappa shape index (κ2) is 4.31. The van der Waals surface area contributed by atoms with Crippen molar-refractivity contribution in [2.75, 3.05) is 19.6 Å². The molecule has 0 amide bonds. The van der Waals surface area contributed by atoms with E-state index in [2.05, 4.69) is 14.9 Å². The van der Waals surface area contributed by atoms with Crippen molar-refractivity contribution >= 4 is 11.6 Å². The van der Waals surface area contributed by atoms with E-state index in [1.54, 1.807) is 0 Å². The van der Waals surface area contributed by atoms with Crippen molar-refractivity contribution in [2.24, 2.45) is 5.92 Å². The van der Waals surface area contributed by atoms with Gasteiger partial charge in [0.25, 0.3) is 0 Å². The number of hydrogen-bond donors (Lipinski definition) is 0. The Morgan fingerprint density at radius 3 is 2.47 bits per heavy atom. The predicted octanol–water partition coefficient (Wildman–Crippen LogP) is 2.66. The summed E-state index contributed by atoms with van der Waals surface area (Å²) in [4.78, 5) is 8.73. The summed E-state index contributed by atoms with van der Waals surface area (Å²) in [5.74, 6) is 0.178. The zero-order valence-electron chi connectivity index (χ0n) is 10.1. The summed E-state index contributed by atoms with van der Waals surface area (Å²) in [5.41, 5.74) is -0.722. The maximum absolute atomic E-state index is 12.7. The second-order valence-corrected chi connectivity index (χ2v) is 5.87. The van der Waals surface area contributed by atoms with Gasteiger partial charge in [-0.1, -0.05) is 0 Å². The fourth-order valence-corrected chi connectivity index (χ4v) is 3.47. The highest BCUT2D eigenvalue weighted by Crippen LogP contribution is 2.47. The van der Waals surface area contributed by atoms with Crippen LogP contribution in [0.25, 0.3) is 0 Å². The van der Waals surface area contributed by atoms with Crippen LogP contribution in [0.1, 0.15) is 24.2 Å². The van der Waals surface area contributed by atoms with E-state index in [1.807, 2.05) is 0 Å². The Kier molecular flexibility index (Phi) is 2.98. The van der Waals surface area contributed by atoms with Gasteiger partial charge in [0.2, 0.25) is 0 Å². The molecule has 1 aromatic rings. The number of aromatic nitrogens is 2. The minimum absolute atomic E-state index is 0.178. The lowest BCUT2D eigenvalue weighted by atomic mass is 9.76. The molecule has 0 N–H and O–H groups in total. The van der Waals surface area contributed by atoms with E-state index >= 15 is 0 Å². The van der Waals surface area contributed by atoms with Gasteiger partial charge in [-0.25, -0.2) is 4.98 Å². The molecule has 0 radical (unpaired) electrons. The maximum atomic E-state index is 12.7. The topological polar surface area (TPSA) is 29.0 Å². The Morgan fingerprint density at radius 1 is 1.26 bits per heavy atom. The van der Waals surface area contributed by atoms with Gasteiger partial charge in [0.05, 0.1) is 18.1 Å². The first-order chi connectivity index (χ1) is 8.89. The lowest BCUT2D eigenvalue weighted by Gasteiger charge is -2.49. The van der Waals surface area contributed by atoms with Gasteiger partial charge in [0.15, 0.2) is 5.69 Å². The molecule has 104 valence electrons. The van der Waals surface area contributed by atoms with Crippen LogP contribution in [0.3, 0.4) is 0 Å². The van der Waals surface area contributed by atoms with Gasteiger partial charge < -0.3 is 4.90 Å². The number of halogens is 4. The van der Waals surface area contributed by atoms with Crippen LogP contribution in [0.4, 0.5) is 13.2 Å². The molecule has 1 unspecified atom stereocenters. The van der Waals surface area contributed by atoms with E-state index in [4.69, 9.17) is 11.6 Å². The summed E-state index contributed by atoms with van der Waals surface area (Å²) in [7, 11) is 0. The zero-order valence-corrected chi connectivity index (χ0v) is 10.9. The molecule has 3 aliphatic rings. The fraction of sp³-hybridized carbons (Fsp3) is 0.667. The van der Waals surface area contributed by atoms with Crippen molar-refractivity contribution in [3.63, 3.8) is 0 Å². The van der Waals surface area contributed by atoms with Gasteiger partial charge in [-0.2, -0.15) is 13.2 Å². The molecule has 3 nitrogen and oxygen atoms in total. The normalized spacial score (nSPS) is 34.5. The molecular formula is C12H13ClF3N3. The number of rotatable bonds is 1. The number of nitrogens with zero attached hydrogens (tertiary/aromatic N) is 3. The molecule has 7 heteroatoms. The van der Waals surface area contributed by atoms with Crippen LogP contribution in [0, 0.1) is 5.92 Å². The van der Waals surface area contributed by atoms with Gasteiger partial charge in [-0.3, -0.25) is 4.98 Å². The number of piperidine rings is 3. The van der Waals surface area contributed by atoms with Gasteiger partial charge in [-0.15, -0.1) is 11.6 Å². The predicted molar refractivity (Wildman–Crippen MR) is 63.7 cm³/mol. The summed E-state index contributed by atoms with van der Waals surface area (Å²) in [6.45, 7) is 2.48. The summed E-state index contributed by atoms with van der Waals surface area (Å²) < 4.78 is 38.1. The molecule has 0 saturated carbocycles. The number of alkyl halides is 4. The molecule has 3 aliphatic heterocycles. The Bertz CT molecular complexity index is 485. The van der Waals surface area contributed by atoms with E-state index in [-0.39, 0.29) is 11.6 Å². The van der Waals surface area contributed by atoms with E-state index in [9.17, 15) is 13.2 Å². The van der Waals surface area contributed by atoms with Crippen molar-refractivity contribution in [1.29, 1.82) is 0 Å². The van der Waals surface area contributed by atoms with E-state index in [0.717, 1.165) is 32.1 Å². The lowest BCUT2D eigenvalue weighted by Crippen LogP contribution is -2.54. The molecule has 0 aromatic carbocycles. The second-order valence-electron chi connectivity index (χ2n) is 5.20. The third-order valence-corrected chi connectivity index (χ3v) is 4.66. The van der Waals surface area contributed by atoms with Crippen molar-refractivity contribution in [2.45, 2.75) is 23.9 Å². The molecule has 2 bridgehead atoms. The molecule has 4 rings (SSSR count). The Hall–Kier alpha value is -0.880. The lowest BCUT2D eigenvalue weighted by molar-refractivity contribution is -0.141. The standard InChI is InChI=1S/C12H13ClF3N3/c13-11(7-19-3-1-8(11)2-4-19)9-5-17-6-10(18-9)12(14,15)16/h5-6,8H,1-4,7H2. The zero-order chi connectivity index (χ0) is 13.7. The van der Waals surface area contributed by atoms with Crippen molar-refractivity contribution in [1.82, 2.24) is 14.9 Å². The first-order valence-corrected chi connectivity index (χ1v) is 6.58. The van der Waals surface area contributed by atoms with Gasteiger partial charge in [-0.05, 0) is 31.8 Å². The van der Waals surface area contributed by atoms with Crippen LogP contribution in [-0.2, 0) is 11.1 Å². The SMILES string of the molecule is FC(F)(F)c1cncc(C2(Cl)CN3CCC2CC3)n1. The molecule has 1 aromatic heterocycles. The van der Waals surface area contributed by atoms with Crippen LogP contribution >= 0.6 is 11.6 Å². The molecule has 0 spiro atoms. The van der Waals surface area contributed by atoms with Crippen molar-refractivity contribution in [3.8, 4) is 0 Å². The quantitative estimate of drug-likeness (QED) is 0.745. The minimum Gasteiger partial charge on any atom is -0.301 e. The van der Waals surface area contributed by atoms with E-state index in [0.29, 0.717) is 6.54 Å². The first-order valence-electron chi connectivity index (χ1n) is 6.20. The monoisotopic (exact) mass is 291 g/mol. The minimum atomic E-state index is -4.48. The fourth-order valence-electron chi connectivity index (χ4n) is 3.00. The van der Waals surface area contributed by atoms with Gasteiger partial charge in [0.1, 0.15) is 4.87 Å². The van der Waals surface area contributed by atoms with Crippen LogP contribution < -0.4 is 0 Å². The Labute approximate surface area is 113 Å². The molecule has 3 fully saturated rings. The highest BCUT2D eigenvalue weighted by molar-refractivity contribution is 6.24. The molecular weight excluding hydrogens is 279 g/mol. The summed E-state index contributed by atoms with van der Waals surface area (Å²) >= 11 is 6.61. The molecule has 3 saturated heterocycles. The Morgan fingerprint density at radius 2 is 1.95 bits per heavy atom. The molecule has 0 aliphatic carbocycles. The molecule has 19 heavy (non-hydrogen) atoms. The van der Waals surface area contributed by atoms with E-state index in [1.165, 1.54) is 6.20 Å². The van der Waals surface area contributed by atoms with Crippen molar-refractivity contribution < 1.29 is 13.2 Å². The largest absolute Gasteiger partial charge is 0.434 e. The van der Waals surface area contributed by atoms with Crippen LogP contribution in [0.15, 0.2) is 12.4 Å². The number of hydrogen-bond acceptors (Lipinski definition) is 3. The summed E-state index contributed by atoms with van der Waals surface area (Å²) in [6.07, 6.45) is -0.567. The van der Waals surface area contributed by atoms with Crippen LogP contribution in [0.2, 0.25) is 0 Å². The van der Waals surface area contributed by atoms with Crippen LogP contribution in [0.5, 0.6) is 0 Å². The third kappa shape index (κ3) is 2.21. The first kappa shape index (κ1) is 13.1. The average Bonchev–Trinajstić information content (AvgIpc) is 2.39. The number of fused-ring (bicyclic) bond motifs is 3.